The molecule has 26 heavy (non-hydrogen) atoms. The molecule has 0 spiro atoms. The second kappa shape index (κ2) is 12.1. The van der Waals surface area contributed by atoms with Gasteiger partial charge in [-0.1, -0.05) is 48.6 Å². The first kappa shape index (κ1) is 21.7. The van der Waals surface area contributed by atoms with Gasteiger partial charge in [0.05, 0.1) is 27.2 Å². The second-order valence-corrected chi connectivity index (χ2v) is 6.18. The third-order valence-electron chi connectivity index (χ3n) is 3.68. The SMILES string of the molecule is C[NH+](C)CCCOc1ccc(C(=O)/C=C/C=C/c2ccccc2)cc1.[Cl-]. The summed E-state index contributed by atoms with van der Waals surface area (Å²) >= 11 is 0. The molecular formula is C22H26ClNO2. The smallest absolute Gasteiger partial charge is 0.185 e. The van der Waals surface area contributed by atoms with Gasteiger partial charge in [-0.05, 0) is 35.9 Å². The van der Waals surface area contributed by atoms with E-state index in [2.05, 4.69) is 14.1 Å². The molecule has 0 fully saturated rings. The quantitative estimate of drug-likeness (QED) is 0.292. The third-order valence-corrected chi connectivity index (χ3v) is 3.68. The maximum absolute atomic E-state index is 12.1. The van der Waals surface area contributed by atoms with Gasteiger partial charge in [-0.25, -0.2) is 0 Å². The van der Waals surface area contributed by atoms with E-state index in [1.807, 2.05) is 54.6 Å². The molecule has 0 atom stereocenters. The van der Waals surface area contributed by atoms with Crippen molar-refractivity contribution in [2.45, 2.75) is 6.42 Å². The molecule has 4 heteroatoms. The minimum atomic E-state index is -0.0135. The van der Waals surface area contributed by atoms with Crippen LogP contribution in [0.25, 0.3) is 6.08 Å². The van der Waals surface area contributed by atoms with E-state index in [0.717, 1.165) is 24.3 Å². The van der Waals surface area contributed by atoms with E-state index in [4.69, 9.17) is 4.74 Å². The van der Waals surface area contributed by atoms with Crippen molar-refractivity contribution in [1.29, 1.82) is 0 Å². The first-order chi connectivity index (χ1) is 12.1. The van der Waals surface area contributed by atoms with Crippen LogP contribution < -0.4 is 22.0 Å². The largest absolute Gasteiger partial charge is 1.00 e. The molecular weight excluding hydrogens is 346 g/mol. The number of ketones is 1. The van der Waals surface area contributed by atoms with Crippen molar-refractivity contribution in [2.75, 3.05) is 27.2 Å². The van der Waals surface area contributed by atoms with Crippen molar-refractivity contribution in [3.63, 3.8) is 0 Å². The molecule has 0 heterocycles. The van der Waals surface area contributed by atoms with E-state index in [0.29, 0.717) is 12.2 Å². The number of hydrogen-bond acceptors (Lipinski definition) is 2. The number of allylic oxidation sites excluding steroid dienone is 3. The zero-order valence-corrected chi connectivity index (χ0v) is 16.1. The zero-order chi connectivity index (χ0) is 17.9. The van der Waals surface area contributed by atoms with Crippen LogP contribution in [0.1, 0.15) is 22.3 Å². The molecule has 0 saturated heterocycles. The summed E-state index contributed by atoms with van der Waals surface area (Å²) in [5.74, 6) is 0.790. The lowest BCUT2D eigenvalue weighted by Gasteiger charge is -2.08. The van der Waals surface area contributed by atoms with Gasteiger partial charge in [0.1, 0.15) is 5.75 Å². The van der Waals surface area contributed by atoms with Gasteiger partial charge in [-0.2, -0.15) is 0 Å². The number of halogens is 1. The van der Waals surface area contributed by atoms with Gasteiger partial charge >= 0.3 is 0 Å². The van der Waals surface area contributed by atoms with Gasteiger partial charge in [0.2, 0.25) is 0 Å². The Labute approximate surface area is 162 Å². The highest BCUT2D eigenvalue weighted by Gasteiger charge is 2.02. The molecule has 0 saturated carbocycles. The number of carbonyl (C=O) groups is 1. The maximum atomic E-state index is 12.1. The minimum Gasteiger partial charge on any atom is -1.00 e. The Hall–Kier alpha value is -2.36. The van der Waals surface area contributed by atoms with Crippen LogP contribution in [0.3, 0.4) is 0 Å². The predicted octanol–water partition coefficient (Wildman–Crippen LogP) is 0.0563. The monoisotopic (exact) mass is 371 g/mol. The van der Waals surface area contributed by atoms with Crippen molar-refractivity contribution in [3.05, 3.63) is 84.0 Å². The number of hydrogen-bond donors (Lipinski definition) is 1. The Morgan fingerprint density at radius 3 is 2.35 bits per heavy atom. The summed E-state index contributed by atoms with van der Waals surface area (Å²) in [6, 6.07) is 17.3. The van der Waals surface area contributed by atoms with Crippen molar-refractivity contribution in [3.8, 4) is 5.75 Å². The number of rotatable bonds is 9. The fraction of sp³-hybridized carbons (Fsp3) is 0.227. The molecule has 2 aromatic rings. The molecule has 0 aliphatic heterocycles. The van der Waals surface area contributed by atoms with Gasteiger partial charge < -0.3 is 22.0 Å². The lowest BCUT2D eigenvalue weighted by atomic mass is 10.1. The summed E-state index contributed by atoms with van der Waals surface area (Å²) in [6.45, 7) is 1.78. The van der Waals surface area contributed by atoms with Crippen LogP contribution in [0, 0.1) is 0 Å². The summed E-state index contributed by atoms with van der Waals surface area (Å²) in [6.07, 6.45) is 8.20. The molecule has 0 aliphatic rings. The van der Waals surface area contributed by atoms with E-state index < -0.39 is 0 Å². The molecule has 2 rings (SSSR count). The highest BCUT2D eigenvalue weighted by atomic mass is 35.5. The topological polar surface area (TPSA) is 30.7 Å². The highest BCUT2D eigenvalue weighted by Crippen LogP contribution is 2.13. The summed E-state index contributed by atoms with van der Waals surface area (Å²) < 4.78 is 5.68. The Bertz CT molecular complexity index is 707. The average Bonchev–Trinajstić information content (AvgIpc) is 2.63. The van der Waals surface area contributed by atoms with Crippen LogP contribution in [0.2, 0.25) is 0 Å². The molecule has 0 unspecified atom stereocenters. The van der Waals surface area contributed by atoms with Crippen molar-refractivity contribution in [1.82, 2.24) is 0 Å². The summed E-state index contributed by atoms with van der Waals surface area (Å²) in [5.41, 5.74) is 1.77. The molecule has 1 N–H and O–H groups in total. The number of ether oxygens (including phenoxy) is 1. The molecule has 2 aromatic carbocycles. The number of nitrogens with one attached hydrogen (secondary N) is 1. The first-order valence-corrected chi connectivity index (χ1v) is 8.61. The van der Waals surface area contributed by atoms with Crippen LogP contribution in [0.4, 0.5) is 0 Å². The Kier molecular flexibility index (Phi) is 10.1. The molecule has 0 amide bonds. The van der Waals surface area contributed by atoms with Crippen LogP contribution in [-0.4, -0.2) is 33.0 Å². The third kappa shape index (κ3) is 8.15. The van der Waals surface area contributed by atoms with Crippen molar-refractivity contribution in [2.24, 2.45) is 0 Å². The maximum Gasteiger partial charge on any atom is 0.185 e. The van der Waals surface area contributed by atoms with Gasteiger partial charge in [-0.3, -0.25) is 4.79 Å². The highest BCUT2D eigenvalue weighted by molar-refractivity contribution is 6.04. The molecule has 0 radical (unpaired) electrons. The van der Waals surface area contributed by atoms with Crippen molar-refractivity contribution < 1.29 is 26.8 Å². The lowest BCUT2D eigenvalue weighted by molar-refractivity contribution is -0.858. The van der Waals surface area contributed by atoms with Crippen LogP contribution in [0.5, 0.6) is 5.75 Å². The Morgan fingerprint density at radius 2 is 1.69 bits per heavy atom. The fourth-order valence-electron chi connectivity index (χ4n) is 2.30. The summed E-state index contributed by atoms with van der Waals surface area (Å²) in [5, 5.41) is 0. The Morgan fingerprint density at radius 1 is 1.00 bits per heavy atom. The predicted molar refractivity (Wildman–Crippen MR) is 103 cm³/mol. The second-order valence-electron chi connectivity index (χ2n) is 6.18. The van der Waals surface area contributed by atoms with E-state index in [9.17, 15) is 4.79 Å². The molecule has 3 nitrogen and oxygen atoms in total. The molecule has 0 bridgehead atoms. The van der Waals surface area contributed by atoms with Gasteiger partial charge in [-0.15, -0.1) is 0 Å². The first-order valence-electron chi connectivity index (χ1n) is 8.61. The van der Waals surface area contributed by atoms with E-state index >= 15 is 0 Å². The fourth-order valence-corrected chi connectivity index (χ4v) is 2.30. The van der Waals surface area contributed by atoms with Crippen molar-refractivity contribution >= 4 is 11.9 Å². The van der Waals surface area contributed by atoms with Gasteiger partial charge in [0, 0.05) is 12.0 Å². The lowest BCUT2D eigenvalue weighted by Crippen LogP contribution is -3.05. The minimum absolute atomic E-state index is 0. The van der Waals surface area contributed by atoms with Crippen LogP contribution in [-0.2, 0) is 0 Å². The molecule has 0 aromatic heterocycles. The Balaban J connectivity index is 0.00000338. The number of carbonyl (C=O) groups excluding carboxylic acids is 1. The van der Waals surface area contributed by atoms with Gasteiger partial charge in [0.15, 0.2) is 5.78 Å². The molecule has 138 valence electrons. The van der Waals surface area contributed by atoms with Gasteiger partial charge in [0.25, 0.3) is 0 Å². The number of benzene rings is 2. The summed E-state index contributed by atoms with van der Waals surface area (Å²) in [7, 11) is 4.26. The van der Waals surface area contributed by atoms with E-state index in [-0.39, 0.29) is 18.2 Å². The van der Waals surface area contributed by atoms with Crippen LogP contribution in [0.15, 0.2) is 72.8 Å². The summed E-state index contributed by atoms with van der Waals surface area (Å²) in [4.78, 5) is 13.6. The average molecular weight is 372 g/mol. The van der Waals surface area contributed by atoms with E-state index in [1.165, 1.54) is 4.90 Å². The number of quaternary nitrogens is 1. The normalized spacial score (nSPS) is 11.0. The standard InChI is InChI=1S/C22H25NO2.ClH/c1-23(2)17-8-18-25-21-15-13-20(14-16-21)22(24)12-7-6-11-19-9-4-3-5-10-19;/h3-7,9-16H,8,17-18H2,1-2H3;1H/b11-6+,12-7+;. The van der Waals surface area contributed by atoms with E-state index in [1.54, 1.807) is 24.3 Å². The molecule has 0 aliphatic carbocycles. The van der Waals surface area contributed by atoms with Crippen LogP contribution >= 0.6 is 0 Å². The zero-order valence-electron chi connectivity index (χ0n) is 15.3.